The van der Waals surface area contributed by atoms with Crippen LogP contribution in [0.3, 0.4) is 0 Å². The number of rotatable bonds is 4. The number of hydrogen-bond donors (Lipinski definition) is 2. The largest absolute Gasteiger partial charge is 0.366 e. The number of anilines is 3. The minimum absolute atomic E-state index is 0.139. The maximum Gasteiger partial charge on any atom is 0.325 e. The summed E-state index contributed by atoms with van der Waals surface area (Å²) in [5, 5.41) is 6.26. The van der Waals surface area contributed by atoms with E-state index in [-0.39, 0.29) is 11.7 Å². The molecule has 10 heteroatoms. The number of aromatic nitrogens is 1. The van der Waals surface area contributed by atoms with Gasteiger partial charge in [-0.2, -0.15) is 0 Å². The number of thiazole rings is 1. The lowest BCUT2D eigenvalue weighted by atomic mass is 10.2. The van der Waals surface area contributed by atoms with Crippen LogP contribution in [0.5, 0.6) is 0 Å². The van der Waals surface area contributed by atoms with Gasteiger partial charge in [0.1, 0.15) is 10.7 Å². The second-order valence-electron chi connectivity index (χ2n) is 7.25. The highest BCUT2D eigenvalue weighted by atomic mass is 35.5. The third-order valence-electron chi connectivity index (χ3n) is 5.07. The van der Waals surface area contributed by atoms with Crippen molar-refractivity contribution in [3.8, 4) is 0 Å². The van der Waals surface area contributed by atoms with Crippen molar-refractivity contribution in [2.24, 2.45) is 0 Å². The molecular weight excluding hydrogens is 453 g/mol. The summed E-state index contributed by atoms with van der Waals surface area (Å²) in [4.78, 5) is 33.7. The third-order valence-corrected chi connectivity index (χ3v) is 6.39. The van der Waals surface area contributed by atoms with Crippen LogP contribution in [0.2, 0.25) is 5.02 Å². The molecule has 3 aromatic rings. The van der Waals surface area contributed by atoms with Gasteiger partial charge in [-0.3, -0.25) is 10.1 Å². The fourth-order valence-corrected chi connectivity index (χ4v) is 4.50. The van der Waals surface area contributed by atoms with Crippen LogP contribution in [0.25, 0.3) is 0 Å². The Balaban J connectivity index is 1.36. The molecule has 0 bridgehead atoms. The van der Waals surface area contributed by atoms with E-state index in [4.69, 9.17) is 11.6 Å². The van der Waals surface area contributed by atoms with Crippen LogP contribution >= 0.6 is 22.9 Å². The van der Waals surface area contributed by atoms with Crippen LogP contribution in [0.4, 0.5) is 25.7 Å². The average molecular weight is 474 g/mol. The Hall–Kier alpha value is -3.17. The van der Waals surface area contributed by atoms with Crippen molar-refractivity contribution in [2.45, 2.75) is 6.92 Å². The van der Waals surface area contributed by atoms with E-state index >= 15 is 0 Å². The molecule has 3 amide bonds. The molecule has 2 N–H and O–H groups in total. The quantitative estimate of drug-likeness (QED) is 0.567. The Bertz CT molecular complexity index is 1130. The molecule has 0 unspecified atom stereocenters. The lowest BCUT2D eigenvalue weighted by Crippen LogP contribution is -2.49. The fourth-order valence-electron chi connectivity index (χ4n) is 3.44. The van der Waals surface area contributed by atoms with Crippen molar-refractivity contribution >= 4 is 51.4 Å². The Morgan fingerprint density at radius 1 is 1.03 bits per heavy atom. The number of nitrogens with zero attached hydrogens (tertiary/aromatic N) is 3. The Morgan fingerprint density at radius 2 is 1.72 bits per heavy atom. The van der Waals surface area contributed by atoms with E-state index in [0.717, 1.165) is 11.3 Å². The number of para-hydroxylation sites is 1. The predicted octanol–water partition coefficient (Wildman–Crippen LogP) is 4.85. The fraction of sp³-hybridized carbons (Fsp3) is 0.227. The van der Waals surface area contributed by atoms with Crippen molar-refractivity contribution in [2.75, 3.05) is 41.7 Å². The summed E-state index contributed by atoms with van der Waals surface area (Å²) in [6.07, 6.45) is 0. The highest BCUT2D eigenvalue weighted by molar-refractivity contribution is 7.17. The Kier molecular flexibility index (Phi) is 6.57. The number of benzene rings is 2. The maximum atomic E-state index is 14.0. The normalized spacial score (nSPS) is 13.7. The van der Waals surface area contributed by atoms with E-state index in [1.54, 1.807) is 54.3 Å². The molecule has 7 nitrogen and oxygen atoms in total. The van der Waals surface area contributed by atoms with E-state index in [1.165, 1.54) is 6.07 Å². The van der Waals surface area contributed by atoms with E-state index in [2.05, 4.69) is 15.6 Å². The molecule has 0 radical (unpaired) electrons. The first-order chi connectivity index (χ1) is 15.4. The zero-order valence-electron chi connectivity index (χ0n) is 17.3. The zero-order valence-corrected chi connectivity index (χ0v) is 18.8. The van der Waals surface area contributed by atoms with Gasteiger partial charge in [0.2, 0.25) is 0 Å². The van der Waals surface area contributed by atoms with E-state index in [9.17, 15) is 14.0 Å². The standard InChI is InChI=1S/C22H21ClFN5O2S/c1-14-19(32-22(25-14)27-21(31)26-16-8-6-15(23)7-9-16)20(30)29-12-10-28(11-13-29)18-5-3-2-4-17(18)24/h2-9H,10-13H2,1H3,(H2,25,26,27,31). The highest BCUT2D eigenvalue weighted by Crippen LogP contribution is 2.26. The van der Waals surface area contributed by atoms with Gasteiger partial charge in [-0.15, -0.1) is 0 Å². The molecule has 4 rings (SSSR count). The number of carbonyl (C=O) groups excluding carboxylic acids is 2. The average Bonchev–Trinajstić information content (AvgIpc) is 3.15. The van der Waals surface area contributed by atoms with Crippen LogP contribution in [-0.4, -0.2) is 48.0 Å². The maximum absolute atomic E-state index is 14.0. The van der Waals surface area contributed by atoms with Gasteiger partial charge in [-0.05, 0) is 43.3 Å². The number of hydrogen-bond acceptors (Lipinski definition) is 5. The first-order valence-corrected chi connectivity index (χ1v) is 11.2. The minimum atomic E-state index is -0.460. The highest BCUT2D eigenvalue weighted by Gasteiger charge is 2.26. The van der Waals surface area contributed by atoms with Crippen molar-refractivity contribution < 1.29 is 14.0 Å². The number of halogens is 2. The molecular formula is C22H21ClFN5O2S. The van der Waals surface area contributed by atoms with Crippen molar-refractivity contribution in [3.63, 3.8) is 0 Å². The molecule has 1 saturated heterocycles. The van der Waals surface area contributed by atoms with Crippen LogP contribution in [-0.2, 0) is 0 Å². The second-order valence-corrected chi connectivity index (χ2v) is 8.69. The number of piperazine rings is 1. The van der Waals surface area contributed by atoms with Gasteiger partial charge < -0.3 is 15.1 Å². The van der Waals surface area contributed by atoms with Gasteiger partial charge in [0.05, 0.1) is 11.4 Å². The van der Waals surface area contributed by atoms with Crippen LogP contribution in [0.15, 0.2) is 48.5 Å². The van der Waals surface area contributed by atoms with E-state index in [1.807, 2.05) is 4.90 Å². The van der Waals surface area contributed by atoms with Gasteiger partial charge in [0.15, 0.2) is 5.13 Å². The van der Waals surface area contributed by atoms with Gasteiger partial charge in [0, 0.05) is 36.9 Å². The lowest BCUT2D eigenvalue weighted by molar-refractivity contribution is 0.0750. The first-order valence-electron chi connectivity index (χ1n) is 10.0. The number of nitrogens with one attached hydrogen (secondary N) is 2. The van der Waals surface area contributed by atoms with E-state index in [0.29, 0.717) is 58.3 Å². The third kappa shape index (κ3) is 5.00. The topological polar surface area (TPSA) is 77.6 Å². The molecule has 0 atom stereocenters. The number of carbonyl (C=O) groups is 2. The summed E-state index contributed by atoms with van der Waals surface area (Å²) in [7, 11) is 0. The molecule has 2 aromatic carbocycles. The van der Waals surface area contributed by atoms with Crippen LogP contribution in [0.1, 0.15) is 15.4 Å². The van der Waals surface area contributed by atoms with Gasteiger partial charge >= 0.3 is 6.03 Å². The number of aryl methyl sites for hydroxylation is 1. The summed E-state index contributed by atoms with van der Waals surface area (Å²) in [6.45, 7) is 3.77. The van der Waals surface area contributed by atoms with Crippen molar-refractivity contribution in [1.29, 1.82) is 0 Å². The molecule has 0 saturated carbocycles. The predicted molar refractivity (Wildman–Crippen MR) is 125 cm³/mol. The smallest absolute Gasteiger partial charge is 0.325 e. The molecule has 2 heterocycles. The summed E-state index contributed by atoms with van der Waals surface area (Å²) in [5.41, 5.74) is 1.69. The Morgan fingerprint density at radius 3 is 2.41 bits per heavy atom. The lowest BCUT2D eigenvalue weighted by Gasteiger charge is -2.36. The van der Waals surface area contributed by atoms with Gasteiger partial charge in [0.25, 0.3) is 5.91 Å². The molecule has 1 aliphatic rings. The molecule has 1 fully saturated rings. The molecule has 0 aliphatic carbocycles. The van der Waals surface area contributed by atoms with Gasteiger partial charge in [-0.25, -0.2) is 14.2 Å². The minimum Gasteiger partial charge on any atom is -0.366 e. The molecule has 0 spiro atoms. The zero-order chi connectivity index (χ0) is 22.7. The van der Waals surface area contributed by atoms with Crippen molar-refractivity contribution in [3.05, 3.63) is 69.9 Å². The molecule has 1 aromatic heterocycles. The second kappa shape index (κ2) is 9.54. The molecule has 1 aliphatic heterocycles. The van der Waals surface area contributed by atoms with E-state index < -0.39 is 6.03 Å². The SMILES string of the molecule is Cc1nc(NC(=O)Nc2ccc(Cl)cc2)sc1C(=O)N1CCN(c2ccccc2F)CC1. The van der Waals surface area contributed by atoms with Crippen LogP contribution in [0, 0.1) is 12.7 Å². The van der Waals surface area contributed by atoms with Gasteiger partial charge in [-0.1, -0.05) is 35.1 Å². The van der Waals surface area contributed by atoms with Crippen molar-refractivity contribution in [1.82, 2.24) is 9.88 Å². The molecule has 166 valence electrons. The summed E-state index contributed by atoms with van der Waals surface area (Å²) < 4.78 is 14.0. The monoisotopic (exact) mass is 473 g/mol. The number of amides is 3. The number of urea groups is 1. The first kappa shape index (κ1) is 22.0. The summed E-state index contributed by atoms with van der Waals surface area (Å²) in [5.74, 6) is -0.405. The molecule has 32 heavy (non-hydrogen) atoms. The summed E-state index contributed by atoms with van der Waals surface area (Å²) >= 11 is 6.98. The summed E-state index contributed by atoms with van der Waals surface area (Å²) in [6, 6.07) is 12.9. The Labute approximate surface area is 193 Å². The van der Waals surface area contributed by atoms with Crippen LogP contribution < -0.4 is 15.5 Å².